The van der Waals surface area contributed by atoms with Crippen LogP contribution in [-0.2, 0) is 33.3 Å². The Bertz CT molecular complexity index is 1260. The van der Waals surface area contributed by atoms with E-state index in [0.717, 1.165) is 20.8 Å². The van der Waals surface area contributed by atoms with Gasteiger partial charge in [0.1, 0.15) is 12.7 Å². The fourth-order valence-electron chi connectivity index (χ4n) is 3.26. The third-order valence-corrected chi connectivity index (χ3v) is 4.63. The van der Waals surface area contributed by atoms with Gasteiger partial charge in [0.25, 0.3) is 0 Å². The van der Waals surface area contributed by atoms with Gasteiger partial charge in [0.2, 0.25) is 10.6 Å². The largest absolute Gasteiger partial charge is 0.463 e. The van der Waals surface area contributed by atoms with Gasteiger partial charge in [-0.05, 0) is 17.1 Å². The zero-order chi connectivity index (χ0) is 25.3. The normalized spacial score (nSPS) is 21.7. The highest BCUT2D eigenvalue weighted by molar-refractivity contribution is 7.80. The molecule has 2 aromatic heterocycles. The number of nitro groups is 1. The van der Waals surface area contributed by atoms with Gasteiger partial charge < -0.3 is 34.8 Å². The van der Waals surface area contributed by atoms with Crippen LogP contribution in [0.4, 0.5) is 5.82 Å². The maximum Gasteiger partial charge on any atom is 0.419 e. The lowest BCUT2D eigenvalue weighted by molar-refractivity contribution is -0.388. The molecule has 34 heavy (non-hydrogen) atoms. The predicted octanol–water partition coefficient (Wildman–Crippen LogP) is -1.69. The van der Waals surface area contributed by atoms with Gasteiger partial charge in [-0.1, -0.05) is 5.21 Å². The fraction of sp³-hybridized carbons (Fsp3) is 0.500. The zero-order valence-electron chi connectivity index (χ0n) is 17.8. The molecule has 4 atom stereocenters. The Hall–Kier alpha value is -4.06. The molecule has 182 valence electrons. The van der Waals surface area contributed by atoms with E-state index in [2.05, 4.69) is 15.4 Å². The van der Waals surface area contributed by atoms with Gasteiger partial charge >= 0.3 is 29.3 Å². The number of carbonyl (C=O) groups is 3. The molecule has 4 unspecified atom stereocenters. The van der Waals surface area contributed by atoms with Crippen molar-refractivity contribution in [3.63, 3.8) is 0 Å². The molecule has 0 spiro atoms. The molecule has 1 saturated heterocycles. The molecule has 1 aliphatic rings. The van der Waals surface area contributed by atoms with Gasteiger partial charge in [-0.15, -0.1) is 9.78 Å². The zero-order valence-corrected chi connectivity index (χ0v) is 18.6. The second-order valence-electron chi connectivity index (χ2n) is 6.88. The van der Waals surface area contributed by atoms with Crippen molar-refractivity contribution < 1.29 is 38.3 Å². The number of hydrogen-bond donors (Lipinski definition) is 1. The minimum atomic E-state index is -1.55. The first kappa shape index (κ1) is 24.6. The van der Waals surface area contributed by atoms with Crippen LogP contribution in [0.1, 0.15) is 27.0 Å². The molecule has 0 amide bonds. The van der Waals surface area contributed by atoms with Crippen molar-refractivity contribution in [3.05, 3.63) is 20.5 Å². The van der Waals surface area contributed by atoms with E-state index in [1.54, 1.807) is 0 Å². The lowest BCUT2D eigenvalue weighted by atomic mass is 10.1. The van der Waals surface area contributed by atoms with Crippen LogP contribution in [0.25, 0.3) is 11.0 Å². The maximum atomic E-state index is 13.3. The van der Waals surface area contributed by atoms with Gasteiger partial charge in [0.15, 0.2) is 24.0 Å². The van der Waals surface area contributed by atoms with Gasteiger partial charge in [-0.3, -0.25) is 19.2 Å². The second kappa shape index (κ2) is 9.43. The minimum Gasteiger partial charge on any atom is -0.463 e. The van der Waals surface area contributed by atoms with Crippen LogP contribution in [0.5, 0.6) is 0 Å². The average molecular weight is 499 g/mol. The number of carbonyl (C=O) groups excluding carboxylic acids is 3. The summed E-state index contributed by atoms with van der Waals surface area (Å²) in [5.41, 5.74) is 3.49. The van der Waals surface area contributed by atoms with Crippen molar-refractivity contribution in [2.45, 2.75) is 45.3 Å². The number of rotatable bonds is 6. The van der Waals surface area contributed by atoms with Gasteiger partial charge in [0.05, 0.1) is 5.10 Å². The minimum absolute atomic E-state index is 0.428. The molecule has 0 radical (unpaired) electrons. The van der Waals surface area contributed by atoms with E-state index >= 15 is 0 Å². The summed E-state index contributed by atoms with van der Waals surface area (Å²) in [6, 6.07) is 0. The predicted molar refractivity (Wildman–Crippen MR) is 110 cm³/mol. The molecule has 3 heterocycles. The molecule has 3 rings (SSSR count). The van der Waals surface area contributed by atoms with E-state index in [1.165, 1.54) is 0 Å². The first-order valence-electron chi connectivity index (χ1n) is 9.38. The number of nitrogens with two attached hydrogens (primary N) is 1. The fourth-order valence-corrected chi connectivity index (χ4v) is 3.40. The number of nitrogens with zero attached hydrogens (tertiary/aromatic N) is 6. The Balaban J connectivity index is 2.17. The molecule has 0 aromatic carbocycles. The van der Waals surface area contributed by atoms with Gasteiger partial charge in [-0.2, -0.15) is 4.68 Å². The van der Waals surface area contributed by atoms with E-state index in [9.17, 15) is 29.3 Å². The smallest absolute Gasteiger partial charge is 0.419 e. The third kappa shape index (κ3) is 4.66. The first-order valence-corrected chi connectivity index (χ1v) is 9.78. The van der Waals surface area contributed by atoms with Crippen molar-refractivity contribution in [3.8, 4) is 0 Å². The summed E-state index contributed by atoms with van der Waals surface area (Å²) in [5, 5.41) is 21.7. The highest BCUT2D eigenvalue weighted by Crippen LogP contribution is 2.33. The number of fused-ring (bicyclic) bond motifs is 1. The van der Waals surface area contributed by atoms with E-state index in [1.807, 2.05) is 0 Å². The van der Waals surface area contributed by atoms with E-state index in [-0.39, 0.29) is 0 Å². The molecule has 17 nitrogen and oxygen atoms in total. The molecular weight excluding hydrogens is 482 g/mol. The third-order valence-electron chi connectivity index (χ3n) is 4.46. The second-order valence-corrected chi connectivity index (χ2v) is 7.30. The van der Waals surface area contributed by atoms with Crippen LogP contribution < -0.4 is 11.3 Å². The van der Waals surface area contributed by atoms with Crippen LogP contribution in [0, 0.1) is 10.1 Å². The van der Waals surface area contributed by atoms with Crippen LogP contribution in [0.3, 0.4) is 0 Å². The number of ether oxygens (including phenoxy) is 4. The first-order chi connectivity index (χ1) is 15.9. The summed E-state index contributed by atoms with van der Waals surface area (Å²) < 4.78 is 22.3. The monoisotopic (exact) mass is 499 g/mol. The summed E-state index contributed by atoms with van der Waals surface area (Å²) in [5.74, 6) is -3.11. The van der Waals surface area contributed by atoms with E-state index in [4.69, 9.17) is 36.9 Å². The molecular formula is C16H17N7O10S. The van der Waals surface area contributed by atoms with Gasteiger partial charge in [0, 0.05) is 20.8 Å². The summed E-state index contributed by atoms with van der Waals surface area (Å²) in [7, 11) is 0. The van der Waals surface area contributed by atoms with Crippen molar-refractivity contribution in [1.29, 1.82) is 0 Å². The standard InChI is InChI=1S/C16H17N7O10S/c1-5(24)30-4-8-11(31-6(2)25)12(32-7(3)26)15(33-8)22-14(27)10-9(18-20-22)13(23(28)29)19-21(10)16(17)34/h8,11-12,15H,4H2,1-3H3,(H2,17,34). The number of thiocarbonyl (C=S) groups is 1. The Morgan fingerprint density at radius 2 is 1.79 bits per heavy atom. The number of aromatic nitrogens is 5. The summed E-state index contributed by atoms with van der Waals surface area (Å²) in [4.78, 5) is 58.3. The molecule has 0 aliphatic carbocycles. The Kier molecular flexibility index (Phi) is 6.82. The highest BCUT2D eigenvalue weighted by Gasteiger charge is 2.52. The topological polar surface area (TPSA) is 223 Å². The van der Waals surface area contributed by atoms with Crippen molar-refractivity contribution in [2.24, 2.45) is 5.73 Å². The molecule has 0 saturated carbocycles. The lowest BCUT2D eigenvalue weighted by Crippen LogP contribution is -2.42. The molecule has 18 heteroatoms. The van der Waals surface area contributed by atoms with Crippen LogP contribution in [-0.4, -0.2) is 77.6 Å². The maximum absolute atomic E-state index is 13.3. The Labute approximate surface area is 193 Å². The van der Waals surface area contributed by atoms with Crippen LogP contribution in [0.2, 0.25) is 0 Å². The van der Waals surface area contributed by atoms with E-state index in [0.29, 0.717) is 9.36 Å². The van der Waals surface area contributed by atoms with Crippen LogP contribution >= 0.6 is 12.2 Å². The van der Waals surface area contributed by atoms with E-state index < -0.39 is 81.5 Å². The van der Waals surface area contributed by atoms with Crippen molar-refractivity contribution in [2.75, 3.05) is 6.61 Å². The number of hydrogen-bond acceptors (Lipinski definition) is 14. The van der Waals surface area contributed by atoms with Crippen LogP contribution in [0.15, 0.2) is 4.79 Å². The van der Waals surface area contributed by atoms with Crippen molar-refractivity contribution in [1.82, 2.24) is 24.8 Å². The van der Waals surface area contributed by atoms with Gasteiger partial charge in [-0.25, -0.2) is 0 Å². The summed E-state index contributed by atoms with van der Waals surface area (Å²) in [6.45, 7) is 2.84. The highest BCUT2D eigenvalue weighted by atomic mass is 32.1. The molecule has 1 aliphatic heterocycles. The summed E-state index contributed by atoms with van der Waals surface area (Å²) >= 11 is 4.80. The lowest BCUT2D eigenvalue weighted by Gasteiger charge is -2.23. The Morgan fingerprint density at radius 1 is 1.18 bits per heavy atom. The summed E-state index contributed by atoms with van der Waals surface area (Å²) in [6.07, 6.45) is -5.49. The quantitative estimate of drug-likeness (QED) is 0.154. The SMILES string of the molecule is CC(=O)OCC1OC(n2nnc3c([N+](=O)[O-])nn(C(N)=S)c3c2=O)C(OC(C)=O)C1OC(C)=O. The average Bonchev–Trinajstić information content (AvgIpc) is 3.26. The molecule has 2 aromatic rings. The molecule has 2 N–H and O–H groups in total. The number of esters is 3. The molecule has 1 fully saturated rings. The van der Waals surface area contributed by atoms with Crippen molar-refractivity contribution >= 4 is 52.1 Å². The molecule has 0 bridgehead atoms. The Morgan fingerprint density at radius 3 is 2.32 bits per heavy atom.